The van der Waals surface area contributed by atoms with E-state index in [1.54, 1.807) is 0 Å². The molecule has 112 valence electrons. The van der Waals surface area contributed by atoms with E-state index in [0.29, 0.717) is 12.8 Å². The second-order valence-electron chi connectivity index (χ2n) is 5.06. The molecule has 4 N–H and O–H groups in total. The van der Waals surface area contributed by atoms with E-state index in [1.165, 1.54) is 12.1 Å². The molecule has 0 aromatic heterocycles. The first-order valence-electron chi connectivity index (χ1n) is 6.19. The molecule has 0 aliphatic heterocycles. The summed E-state index contributed by atoms with van der Waals surface area (Å²) in [6.45, 7) is -0.254. The molecule has 5 nitrogen and oxygen atoms in total. The molecule has 2 rings (SSSR count). The lowest BCUT2D eigenvalue weighted by molar-refractivity contribution is 0.185. The third kappa shape index (κ3) is 3.04. The van der Waals surface area contributed by atoms with Crippen molar-refractivity contribution < 1.29 is 13.5 Å². The van der Waals surface area contributed by atoms with Gasteiger partial charge in [0.05, 0.1) is 22.2 Å². The van der Waals surface area contributed by atoms with Crippen LogP contribution >= 0.6 is 23.2 Å². The van der Waals surface area contributed by atoms with Crippen LogP contribution in [-0.4, -0.2) is 25.7 Å². The predicted octanol–water partition coefficient (Wildman–Crippen LogP) is 2.16. The highest BCUT2D eigenvalue weighted by Crippen LogP contribution is 2.35. The summed E-state index contributed by atoms with van der Waals surface area (Å²) in [4.78, 5) is -0.199. The lowest BCUT2D eigenvalue weighted by atomic mass is 10.0. The second-order valence-corrected chi connectivity index (χ2v) is 7.50. The molecule has 20 heavy (non-hydrogen) atoms. The summed E-state index contributed by atoms with van der Waals surface area (Å²) in [5.41, 5.74) is 5.03. The van der Waals surface area contributed by atoms with Gasteiger partial charge in [0.15, 0.2) is 0 Å². The zero-order chi connectivity index (χ0) is 15.0. The SMILES string of the molecule is Nc1cc(Cl)c(S(=O)(=O)NC2(CO)CCCC2)c(Cl)c1. The Morgan fingerprint density at radius 1 is 1.25 bits per heavy atom. The van der Waals surface area contributed by atoms with E-state index < -0.39 is 15.6 Å². The zero-order valence-electron chi connectivity index (χ0n) is 10.7. The van der Waals surface area contributed by atoms with E-state index in [-0.39, 0.29) is 27.2 Å². The highest BCUT2D eigenvalue weighted by atomic mass is 35.5. The Hall–Kier alpha value is -0.530. The van der Waals surface area contributed by atoms with Crippen LogP contribution in [0.25, 0.3) is 0 Å². The Morgan fingerprint density at radius 2 is 1.75 bits per heavy atom. The van der Waals surface area contributed by atoms with E-state index in [9.17, 15) is 13.5 Å². The van der Waals surface area contributed by atoms with Crippen molar-refractivity contribution in [2.24, 2.45) is 0 Å². The summed E-state index contributed by atoms with van der Waals surface area (Å²) in [7, 11) is -3.92. The van der Waals surface area contributed by atoms with Crippen LogP contribution in [0.4, 0.5) is 5.69 Å². The molecule has 0 bridgehead atoms. The molecule has 0 amide bonds. The molecule has 1 fully saturated rings. The lowest BCUT2D eigenvalue weighted by Crippen LogP contribution is -2.49. The fraction of sp³-hybridized carbons (Fsp3) is 0.500. The van der Waals surface area contributed by atoms with Gasteiger partial charge in [0.25, 0.3) is 0 Å². The Bertz CT molecular complexity index is 590. The number of anilines is 1. The minimum atomic E-state index is -3.92. The maximum Gasteiger partial charge on any atom is 0.244 e. The van der Waals surface area contributed by atoms with E-state index in [2.05, 4.69) is 4.72 Å². The molecule has 0 saturated heterocycles. The number of nitrogens with two attached hydrogens (primary N) is 1. The minimum absolute atomic E-state index is 0.0337. The van der Waals surface area contributed by atoms with Crippen LogP contribution in [0.2, 0.25) is 10.0 Å². The zero-order valence-corrected chi connectivity index (χ0v) is 13.0. The molecule has 1 aliphatic carbocycles. The maximum atomic E-state index is 12.5. The summed E-state index contributed by atoms with van der Waals surface area (Å²) in [5, 5.41) is 9.43. The van der Waals surface area contributed by atoms with Crippen molar-refractivity contribution in [2.45, 2.75) is 36.1 Å². The molecular weight excluding hydrogens is 323 g/mol. The highest BCUT2D eigenvalue weighted by molar-refractivity contribution is 7.89. The number of hydrogen-bond acceptors (Lipinski definition) is 4. The third-order valence-corrected chi connectivity index (χ3v) is 6.00. The normalized spacial score (nSPS) is 18.4. The Balaban J connectivity index is 2.41. The van der Waals surface area contributed by atoms with Crippen LogP contribution in [0.1, 0.15) is 25.7 Å². The summed E-state index contributed by atoms with van der Waals surface area (Å²) >= 11 is 11.9. The van der Waals surface area contributed by atoms with E-state index in [4.69, 9.17) is 28.9 Å². The van der Waals surface area contributed by atoms with Gasteiger partial charge in [0, 0.05) is 5.69 Å². The number of nitrogens with one attached hydrogen (secondary N) is 1. The van der Waals surface area contributed by atoms with Gasteiger partial charge in [-0.05, 0) is 25.0 Å². The largest absolute Gasteiger partial charge is 0.399 e. The Morgan fingerprint density at radius 3 is 2.20 bits per heavy atom. The first-order chi connectivity index (χ1) is 9.30. The van der Waals surface area contributed by atoms with Crippen molar-refractivity contribution in [3.63, 3.8) is 0 Å². The van der Waals surface area contributed by atoms with E-state index in [0.717, 1.165) is 12.8 Å². The molecular formula is C12H16Cl2N2O3S. The fourth-order valence-electron chi connectivity index (χ4n) is 2.52. The molecule has 1 aliphatic rings. The number of aliphatic hydroxyl groups is 1. The van der Waals surface area contributed by atoms with Crippen molar-refractivity contribution in [1.82, 2.24) is 4.72 Å². The molecule has 0 atom stereocenters. The first kappa shape index (κ1) is 15.9. The van der Waals surface area contributed by atoms with Gasteiger partial charge in [-0.25, -0.2) is 13.1 Å². The van der Waals surface area contributed by atoms with Gasteiger partial charge in [-0.2, -0.15) is 0 Å². The summed E-state index contributed by atoms with van der Waals surface area (Å²) in [6, 6.07) is 2.67. The van der Waals surface area contributed by atoms with Gasteiger partial charge < -0.3 is 10.8 Å². The van der Waals surface area contributed by atoms with Gasteiger partial charge in [0.2, 0.25) is 10.0 Å². The standard InChI is InChI=1S/C12H16Cl2N2O3S/c13-9-5-8(15)6-10(14)11(9)20(18,19)16-12(7-17)3-1-2-4-12/h5-6,16-17H,1-4,7,15H2. The molecule has 8 heteroatoms. The van der Waals surface area contributed by atoms with Crippen LogP contribution in [0, 0.1) is 0 Å². The summed E-state index contributed by atoms with van der Waals surface area (Å²) < 4.78 is 27.5. The number of sulfonamides is 1. The molecule has 0 radical (unpaired) electrons. The van der Waals surface area contributed by atoms with Crippen molar-refractivity contribution in [2.75, 3.05) is 12.3 Å². The summed E-state index contributed by atoms with van der Waals surface area (Å²) in [6.07, 6.45) is 2.92. The predicted molar refractivity (Wildman–Crippen MR) is 79.5 cm³/mol. The second kappa shape index (κ2) is 5.69. The molecule has 0 spiro atoms. The number of hydrogen-bond donors (Lipinski definition) is 3. The number of halogens is 2. The molecule has 1 aromatic carbocycles. The van der Waals surface area contributed by atoms with Gasteiger partial charge >= 0.3 is 0 Å². The van der Waals surface area contributed by atoms with Crippen LogP contribution in [0.3, 0.4) is 0 Å². The molecule has 1 saturated carbocycles. The van der Waals surface area contributed by atoms with Crippen LogP contribution in [0.15, 0.2) is 17.0 Å². The van der Waals surface area contributed by atoms with Gasteiger partial charge in [-0.15, -0.1) is 0 Å². The Kier molecular flexibility index (Phi) is 4.51. The monoisotopic (exact) mass is 338 g/mol. The van der Waals surface area contributed by atoms with Crippen molar-refractivity contribution in [3.8, 4) is 0 Å². The van der Waals surface area contributed by atoms with E-state index in [1.807, 2.05) is 0 Å². The third-order valence-electron chi connectivity index (χ3n) is 3.50. The van der Waals surface area contributed by atoms with Crippen molar-refractivity contribution in [1.29, 1.82) is 0 Å². The maximum absolute atomic E-state index is 12.5. The fourth-order valence-corrected chi connectivity index (χ4v) is 5.20. The van der Waals surface area contributed by atoms with Crippen molar-refractivity contribution >= 4 is 38.9 Å². The average Bonchev–Trinajstić information content (AvgIpc) is 2.75. The van der Waals surface area contributed by atoms with Crippen molar-refractivity contribution in [3.05, 3.63) is 22.2 Å². The van der Waals surface area contributed by atoms with Gasteiger partial charge in [-0.3, -0.25) is 0 Å². The number of aliphatic hydroxyl groups excluding tert-OH is 1. The number of rotatable bonds is 4. The van der Waals surface area contributed by atoms with E-state index >= 15 is 0 Å². The van der Waals surface area contributed by atoms with Crippen LogP contribution < -0.4 is 10.5 Å². The smallest absolute Gasteiger partial charge is 0.244 e. The number of nitrogen functional groups attached to an aromatic ring is 1. The van der Waals surface area contributed by atoms with Gasteiger partial charge in [0.1, 0.15) is 4.90 Å². The molecule has 1 aromatic rings. The van der Waals surface area contributed by atoms with Crippen LogP contribution in [0.5, 0.6) is 0 Å². The quantitative estimate of drug-likeness (QED) is 0.733. The highest BCUT2D eigenvalue weighted by Gasteiger charge is 2.38. The topological polar surface area (TPSA) is 92.4 Å². The van der Waals surface area contributed by atoms with Gasteiger partial charge in [-0.1, -0.05) is 36.0 Å². The number of benzene rings is 1. The molecule has 0 unspecified atom stereocenters. The molecule has 0 heterocycles. The lowest BCUT2D eigenvalue weighted by Gasteiger charge is -2.28. The summed E-state index contributed by atoms with van der Waals surface area (Å²) in [5.74, 6) is 0. The van der Waals surface area contributed by atoms with Crippen LogP contribution in [-0.2, 0) is 10.0 Å². The average molecular weight is 339 g/mol. The first-order valence-corrected chi connectivity index (χ1v) is 8.43. The Labute approximate surface area is 128 Å². The minimum Gasteiger partial charge on any atom is -0.399 e.